The van der Waals surface area contributed by atoms with Crippen molar-refractivity contribution in [3.63, 3.8) is 0 Å². The second kappa shape index (κ2) is 6.05. The molecule has 1 heterocycles. The molecule has 0 unspecified atom stereocenters. The lowest BCUT2D eigenvalue weighted by Crippen LogP contribution is -2.37. The van der Waals surface area contributed by atoms with Crippen molar-refractivity contribution < 1.29 is 9.53 Å². The number of nitrogens with zero attached hydrogens (tertiary/aromatic N) is 1. The molecule has 0 aliphatic carbocycles. The summed E-state index contributed by atoms with van der Waals surface area (Å²) >= 11 is 3.38. The van der Waals surface area contributed by atoms with Crippen LogP contribution in [-0.4, -0.2) is 24.4 Å². The molecular formula is C13H16BrNO2. The van der Waals surface area contributed by atoms with Crippen LogP contribution in [0.25, 0.3) is 0 Å². The van der Waals surface area contributed by atoms with E-state index in [-0.39, 0.29) is 5.91 Å². The molecule has 0 N–H and O–H groups in total. The van der Waals surface area contributed by atoms with Crippen molar-refractivity contribution in [3.8, 4) is 5.75 Å². The Morgan fingerprint density at radius 3 is 3.00 bits per heavy atom. The van der Waals surface area contributed by atoms with E-state index in [1.807, 2.05) is 29.2 Å². The zero-order valence-corrected chi connectivity index (χ0v) is 11.3. The van der Waals surface area contributed by atoms with E-state index < -0.39 is 0 Å². The Hall–Kier alpha value is -1.03. The van der Waals surface area contributed by atoms with Gasteiger partial charge in [0.05, 0.1) is 12.2 Å². The van der Waals surface area contributed by atoms with Gasteiger partial charge in [-0.3, -0.25) is 4.79 Å². The molecule has 1 aliphatic rings. The molecule has 0 atom stereocenters. The van der Waals surface area contributed by atoms with Crippen LogP contribution in [0.5, 0.6) is 5.75 Å². The summed E-state index contributed by atoms with van der Waals surface area (Å²) in [5.74, 6) is 1.01. The number of halogens is 1. The molecule has 0 bridgehead atoms. The van der Waals surface area contributed by atoms with Crippen LogP contribution in [0.4, 0.5) is 5.69 Å². The fourth-order valence-corrected chi connectivity index (χ4v) is 2.33. The first-order chi connectivity index (χ1) is 8.33. The number of ether oxygens (including phenoxy) is 1. The Morgan fingerprint density at radius 1 is 1.35 bits per heavy atom. The Balaban J connectivity index is 2.05. The topological polar surface area (TPSA) is 29.5 Å². The van der Waals surface area contributed by atoms with Crippen molar-refractivity contribution >= 4 is 27.5 Å². The minimum Gasteiger partial charge on any atom is -0.490 e. The van der Waals surface area contributed by atoms with Crippen molar-refractivity contribution in [2.75, 3.05) is 23.4 Å². The maximum atomic E-state index is 12.1. The van der Waals surface area contributed by atoms with Crippen LogP contribution < -0.4 is 9.64 Å². The van der Waals surface area contributed by atoms with E-state index in [4.69, 9.17) is 4.74 Å². The second-order valence-corrected chi connectivity index (χ2v) is 4.80. The number of unbranched alkanes of at least 4 members (excludes halogenated alkanes) is 1. The number of carbonyl (C=O) groups excluding carboxylic acids is 1. The first kappa shape index (κ1) is 12.4. The molecular weight excluding hydrogens is 282 g/mol. The quantitative estimate of drug-likeness (QED) is 0.632. The molecule has 4 heteroatoms. The lowest BCUT2D eigenvalue weighted by Gasteiger charge is -2.29. The van der Waals surface area contributed by atoms with Crippen LogP contribution in [-0.2, 0) is 4.79 Å². The highest BCUT2D eigenvalue weighted by Gasteiger charge is 2.22. The van der Waals surface area contributed by atoms with Crippen LogP contribution >= 0.6 is 15.9 Å². The molecule has 0 saturated heterocycles. The number of hydrogen-bond donors (Lipinski definition) is 0. The summed E-state index contributed by atoms with van der Waals surface area (Å²) in [5.41, 5.74) is 0.905. The number of benzene rings is 1. The van der Waals surface area contributed by atoms with Gasteiger partial charge in [-0.25, -0.2) is 0 Å². The molecule has 0 aromatic heterocycles. The van der Waals surface area contributed by atoms with Gasteiger partial charge in [-0.2, -0.15) is 0 Å². The van der Waals surface area contributed by atoms with Crippen LogP contribution in [0.3, 0.4) is 0 Å². The van der Waals surface area contributed by atoms with Crippen molar-refractivity contribution in [3.05, 3.63) is 24.3 Å². The number of para-hydroxylation sites is 2. The average Bonchev–Trinajstić information content (AvgIpc) is 2.38. The molecule has 0 radical (unpaired) electrons. The fraction of sp³-hybridized carbons (Fsp3) is 0.462. The first-order valence-corrected chi connectivity index (χ1v) is 7.03. The van der Waals surface area contributed by atoms with E-state index in [1.165, 1.54) is 0 Å². The summed E-state index contributed by atoms with van der Waals surface area (Å²) in [6, 6.07) is 7.72. The molecule has 0 spiro atoms. The Labute approximate surface area is 110 Å². The van der Waals surface area contributed by atoms with Gasteiger partial charge in [0.1, 0.15) is 12.4 Å². The SMILES string of the molecule is O=C(CCCCBr)N1CCOc2ccccc21. The highest BCUT2D eigenvalue weighted by molar-refractivity contribution is 9.09. The highest BCUT2D eigenvalue weighted by atomic mass is 79.9. The van der Waals surface area contributed by atoms with Gasteiger partial charge in [0.2, 0.25) is 5.91 Å². The van der Waals surface area contributed by atoms with Gasteiger partial charge in [-0.15, -0.1) is 0 Å². The number of carbonyl (C=O) groups is 1. The van der Waals surface area contributed by atoms with Gasteiger partial charge >= 0.3 is 0 Å². The summed E-state index contributed by atoms with van der Waals surface area (Å²) in [6.45, 7) is 1.24. The normalized spacial score (nSPS) is 14.1. The van der Waals surface area contributed by atoms with Gasteiger partial charge in [-0.05, 0) is 25.0 Å². The van der Waals surface area contributed by atoms with Crippen molar-refractivity contribution in [1.82, 2.24) is 0 Å². The van der Waals surface area contributed by atoms with Gasteiger partial charge in [0.25, 0.3) is 0 Å². The average molecular weight is 298 g/mol. The smallest absolute Gasteiger partial charge is 0.227 e. The van der Waals surface area contributed by atoms with Crippen LogP contribution in [0.2, 0.25) is 0 Å². The molecule has 0 fully saturated rings. The van der Waals surface area contributed by atoms with E-state index in [2.05, 4.69) is 15.9 Å². The van der Waals surface area contributed by atoms with Gasteiger partial charge in [-0.1, -0.05) is 28.1 Å². The fourth-order valence-electron chi connectivity index (χ4n) is 1.93. The van der Waals surface area contributed by atoms with E-state index in [9.17, 15) is 4.79 Å². The summed E-state index contributed by atoms with van der Waals surface area (Å²) in [7, 11) is 0. The van der Waals surface area contributed by atoms with Crippen LogP contribution in [0.1, 0.15) is 19.3 Å². The molecule has 2 rings (SSSR count). The predicted molar refractivity (Wildman–Crippen MR) is 71.9 cm³/mol. The highest BCUT2D eigenvalue weighted by Crippen LogP contribution is 2.31. The van der Waals surface area contributed by atoms with Crippen molar-refractivity contribution in [1.29, 1.82) is 0 Å². The zero-order valence-electron chi connectivity index (χ0n) is 9.69. The van der Waals surface area contributed by atoms with E-state index in [0.717, 1.165) is 29.6 Å². The second-order valence-electron chi connectivity index (χ2n) is 4.01. The monoisotopic (exact) mass is 297 g/mol. The van der Waals surface area contributed by atoms with Gasteiger partial charge in [0.15, 0.2) is 0 Å². The summed E-state index contributed by atoms with van der Waals surface area (Å²) in [6.07, 6.45) is 2.58. The molecule has 92 valence electrons. The predicted octanol–water partition coefficient (Wildman–Crippen LogP) is 2.98. The lowest BCUT2D eigenvalue weighted by atomic mass is 10.2. The lowest BCUT2D eigenvalue weighted by molar-refractivity contribution is -0.119. The molecule has 1 aromatic carbocycles. The largest absolute Gasteiger partial charge is 0.490 e. The van der Waals surface area contributed by atoms with Gasteiger partial charge in [0, 0.05) is 11.8 Å². The third-order valence-corrected chi connectivity index (χ3v) is 3.36. The molecule has 3 nitrogen and oxygen atoms in total. The third kappa shape index (κ3) is 3.00. The number of fused-ring (bicyclic) bond motifs is 1. The number of alkyl halides is 1. The molecule has 1 aliphatic heterocycles. The van der Waals surface area contributed by atoms with E-state index >= 15 is 0 Å². The summed E-state index contributed by atoms with van der Waals surface area (Å²) in [4.78, 5) is 13.9. The number of anilines is 1. The Kier molecular flexibility index (Phi) is 4.42. The third-order valence-electron chi connectivity index (χ3n) is 2.80. The minimum atomic E-state index is 0.196. The molecule has 1 amide bonds. The van der Waals surface area contributed by atoms with Gasteiger partial charge < -0.3 is 9.64 Å². The van der Waals surface area contributed by atoms with E-state index in [1.54, 1.807) is 0 Å². The standard InChI is InChI=1S/C13H16BrNO2/c14-8-4-3-7-13(16)15-9-10-17-12-6-2-1-5-11(12)15/h1-2,5-6H,3-4,7-10H2. The maximum Gasteiger partial charge on any atom is 0.227 e. The van der Waals surface area contributed by atoms with Crippen molar-refractivity contribution in [2.45, 2.75) is 19.3 Å². The summed E-state index contributed by atoms with van der Waals surface area (Å²) < 4.78 is 5.53. The number of hydrogen-bond acceptors (Lipinski definition) is 2. The zero-order chi connectivity index (χ0) is 12.1. The molecule has 17 heavy (non-hydrogen) atoms. The molecule has 0 saturated carbocycles. The Bertz CT molecular complexity index is 395. The van der Waals surface area contributed by atoms with Crippen LogP contribution in [0, 0.1) is 0 Å². The number of rotatable bonds is 4. The summed E-state index contributed by atoms with van der Waals surface area (Å²) in [5, 5.41) is 0.958. The van der Waals surface area contributed by atoms with Crippen LogP contribution in [0.15, 0.2) is 24.3 Å². The number of amides is 1. The Morgan fingerprint density at radius 2 is 2.18 bits per heavy atom. The molecule has 1 aromatic rings. The van der Waals surface area contributed by atoms with E-state index in [0.29, 0.717) is 19.6 Å². The maximum absolute atomic E-state index is 12.1. The minimum absolute atomic E-state index is 0.196. The van der Waals surface area contributed by atoms with Crippen molar-refractivity contribution in [2.24, 2.45) is 0 Å². The first-order valence-electron chi connectivity index (χ1n) is 5.91.